The van der Waals surface area contributed by atoms with E-state index in [-0.39, 0.29) is 11.8 Å². The Morgan fingerprint density at radius 3 is 3.00 bits per heavy atom. The third kappa shape index (κ3) is 3.08. The van der Waals surface area contributed by atoms with Crippen LogP contribution in [0.1, 0.15) is 15.9 Å². The molecule has 0 saturated heterocycles. The van der Waals surface area contributed by atoms with Crippen molar-refractivity contribution in [2.75, 3.05) is 20.3 Å². The maximum atomic E-state index is 12.6. The smallest absolute Gasteiger partial charge is 0.251 e. The molecule has 2 heterocycles. The summed E-state index contributed by atoms with van der Waals surface area (Å²) in [6, 6.07) is 15.3. The maximum Gasteiger partial charge on any atom is 0.251 e. The number of nitrogens with one attached hydrogen (secondary N) is 1. The van der Waals surface area contributed by atoms with Gasteiger partial charge in [-0.25, -0.2) is 0 Å². The van der Waals surface area contributed by atoms with E-state index in [4.69, 9.17) is 9.47 Å². The Balaban J connectivity index is 1.45. The molecule has 1 atom stereocenters. The average Bonchev–Trinajstić information content (AvgIpc) is 2.70. The highest BCUT2D eigenvalue weighted by molar-refractivity contribution is 6.06. The number of para-hydroxylation sites is 1. The average molecular weight is 348 g/mol. The lowest BCUT2D eigenvalue weighted by Gasteiger charge is -2.26. The molecule has 1 aliphatic rings. The number of rotatable bonds is 4. The molecule has 0 unspecified atom stereocenters. The van der Waals surface area contributed by atoms with Gasteiger partial charge < -0.3 is 14.8 Å². The van der Waals surface area contributed by atoms with Gasteiger partial charge in [0, 0.05) is 29.6 Å². The van der Waals surface area contributed by atoms with Crippen LogP contribution in [0.15, 0.2) is 54.7 Å². The van der Waals surface area contributed by atoms with Crippen LogP contribution < -0.4 is 14.8 Å². The molecule has 0 bridgehead atoms. The molecule has 5 nitrogen and oxygen atoms in total. The largest absolute Gasteiger partial charge is 0.493 e. The second-order valence-electron chi connectivity index (χ2n) is 6.42. The summed E-state index contributed by atoms with van der Waals surface area (Å²) in [6.07, 6.45) is 2.58. The van der Waals surface area contributed by atoms with Gasteiger partial charge in [-0.05, 0) is 36.2 Å². The summed E-state index contributed by atoms with van der Waals surface area (Å²) in [5.41, 5.74) is 2.58. The molecule has 0 radical (unpaired) electrons. The van der Waals surface area contributed by atoms with Crippen molar-refractivity contribution in [2.24, 2.45) is 5.92 Å². The molecule has 1 amide bonds. The van der Waals surface area contributed by atoms with E-state index < -0.39 is 0 Å². The SMILES string of the molecule is COc1cccc2c1OC[C@@H](CNC(=O)c1cccc3ncccc13)C2. The Morgan fingerprint density at radius 1 is 1.23 bits per heavy atom. The number of fused-ring (bicyclic) bond motifs is 2. The molecule has 0 spiro atoms. The van der Waals surface area contributed by atoms with E-state index in [1.54, 1.807) is 13.3 Å². The Bertz CT molecular complexity index is 950. The van der Waals surface area contributed by atoms with Crippen LogP contribution in [-0.4, -0.2) is 31.2 Å². The molecule has 0 fully saturated rings. The summed E-state index contributed by atoms with van der Waals surface area (Å²) >= 11 is 0. The Kier molecular flexibility index (Phi) is 4.44. The normalized spacial score (nSPS) is 15.8. The molecule has 1 N–H and O–H groups in total. The molecular formula is C21H20N2O3. The molecule has 0 aliphatic carbocycles. The monoisotopic (exact) mass is 348 g/mol. The lowest BCUT2D eigenvalue weighted by atomic mass is 9.96. The van der Waals surface area contributed by atoms with Crippen LogP contribution in [-0.2, 0) is 6.42 Å². The van der Waals surface area contributed by atoms with Gasteiger partial charge in [0.15, 0.2) is 11.5 Å². The Labute approximate surface area is 152 Å². The zero-order valence-corrected chi connectivity index (χ0v) is 14.6. The summed E-state index contributed by atoms with van der Waals surface area (Å²) < 4.78 is 11.2. The first-order chi connectivity index (χ1) is 12.8. The van der Waals surface area contributed by atoms with Crippen molar-refractivity contribution in [1.82, 2.24) is 10.3 Å². The predicted octanol–water partition coefficient (Wildman–Crippen LogP) is 3.22. The third-order valence-electron chi connectivity index (χ3n) is 4.69. The maximum absolute atomic E-state index is 12.6. The number of aromatic nitrogens is 1. The number of amides is 1. The van der Waals surface area contributed by atoms with Gasteiger partial charge in [-0.1, -0.05) is 24.3 Å². The summed E-state index contributed by atoms with van der Waals surface area (Å²) in [4.78, 5) is 17.0. The fourth-order valence-corrected chi connectivity index (χ4v) is 3.38. The molecule has 2 aromatic carbocycles. The molecule has 4 rings (SSSR count). The number of pyridine rings is 1. The molecule has 0 saturated carbocycles. The standard InChI is InChI=1S/C21H20N2O3/c1-25-19-9-2-5-15-11-14(13-26-20(15)19)12-23-21(24)17-6-3-8-18-16(17)7-4-10-22-18/h2-10,14H,11-13H2,1H3,(H,23,24)/t14-/m1/s1. The number of hydrogen-bond donors (Lipinski definition) is 1. The first-order valence-electron chi connectivity index (χ1n) is 8.67. The highest BCUT2D eigenvalue weighted by Gasteiger charge is 2.23. The van der Waals surface area contributed by atoms with E-state index in [1.807, 2.05) is 48.5 Å². The van der Waals surface area contributed by atoms with Crippen LogP contribution in [0, 0.1) is 5.92 Å². The minimum Gasteiger partial charge on any atom is -0.493 e. The van der Waals surface area contributed by atoms with Crippen molar-refractivity contribution < 1.29 is 14.3 Å². The summed E-state index contributed by atoms with van der Waals surface area (Å²) in [5, 5.41) is 3.91. The molecule has 1 aromatic heterocycles. The summed E-state index contributed by atoms with van der Waals surface area (Å²) in [5.74, 6) is 1.72. The zero-order valence-electron chi connectivity index (χ0n) is 14.6. The number of carbonyl (C=O) groups excluding carboxylic acids is 1. The quantitative estimate of drug-likeness (QED) is 0.786. The Hall–Kier alpha value is -3.08. The summed E-state index contributed by atoms with van der Waals surface area (Å²) in [6.45, 7) is 1.12. The van der Waals surface area contributed by atoms with Crippen molar-refractivity contribution in [3.63, 3.8) is 0 Å². The Morgan fingerprint density at radius 2 is 2.12 bits per heavy atom. The van der Waals surface area contributed by atoms with Gasteiger partial charge in [0.1, 0.15) is 0 Å². The van der Waals surface area contributed by atoms with Gasteiger partial charge in [0.05, 0.1) is 19.2 Å². The van der Waals surface area contributed by atoms with Gasteiger partial charge in [0.25, 0.3) is 5.91 Å². The van der Waals surface area contributed by atoms with E-state index >= 15 is 0 Å². The third-order valence-corrected chi connectivity index (χ3v) is 4.69. The minimum absolute atomic E-state index is 0.0833. The fourth-order valence-electron chi connectivity index (χ4n) is 3.38. The highest BCUT2D eigenvalue weighted by Crippen LogP contribution is 2.35. The number of hydrogen-bond acceptors (Lipinski definition) is 4. The van der Waals surface area contributed by atoms with Gasteiger partial charge >= 0.3 is 0 Å². The van der Waals surface area contributed by atoms with E-state index in [2.05, 4.69) is 10.3 Å². The van der Waals surface area contributed by atoms with Crippen molar-refractivity contribution in [3.8, 4) is 11.5 Å². The van der Waals surface area contributed by atoms with Crippen LogP contribution >= 0.6 is 0 Å². The molecule has 26 heavy (non-hydrogen) atoms. The first-order valence-corrected chi connectivity index (χ1v) is 8.67. The van der Waals surface area contributed by atoms with Crippen LogP contribution in [0.3, 0.4) is 0 Å². The number of nitrogens with zero attached hydrogens (tertiary/aromatic N) is 1. The molecule has 132 valence electrons. The van der Waals surface area contributed by atoms with Crippen molar-refractivity contribution in [3.05, 3.63) is 65.9 Å². The van der Waals surface area contributed by atoms with Crippen molar-refractivity contribution >= 4 is 16.8 Å². The molecule has 3 aromatic rings. The van der Waals surface area contributed by atoms with Crippen molar-refractivity contribution in [2.45, 2.75) is 6.42 Å². The van der Waals surface area contributed by atoms with Crippen molar-refractivity contribution in [1.29, 1.82) is 0 Å². The molecular weight excluding hydrogens is 328 g/mol. The van der Waals surface area contributed by atoms with Crippen LogP contribution in [0.25, 0.3) is 10.9 Å². The van der Waals surface area contributed by atoms with Gasteiger partial charge in [-0.2, -0.15) is 0 Å². The van der Waals surface area contributed by atoms with Crippen LogP contribution in [0.4, 0.5) is 0 Å². The predicted molar refractivity (Wildman–Crippen MR) is 99.8 cm³/mol. The number of ether oxygens (including phenoxy) is 2. The topological polar surface area (TPSA) is 60.5 Å². The van der Waals surface area contributed by atoms with Gasteiger partial charge in [-0.15, -0.1) is 0 Å². The highest BCUT2D eigenvalue weighted by atomic mass is 16.5. The lowest BCUT2D eigenvalue weighted by Crippen LogP contribution is -2.35. The lowest BCUT2D eigenvalue weighted by molar-refractivity contribution is 0.0940. The zero-order chi connectivity index (χ0) is 17.9. The molecule has 1 aliphatic heterocycles. The van der Waals surface area contributed by atoms with E-state index in [0.717, 1.165) is 34.4 Å². The summed E-state index contributed by atoms with van der Waals surface area (Å²) in [7, 11) is 1.64. The van der Waals surface area contributed by atoms with Crippen LogP contribution in [0.2, 0.25) is 0 Å². The van der Waals surface area contributed by atoms with E-state index in [1.165, 1.54) is 0 Å². The van der Waals surface area contributed by atoms with Gasteiger partial charge in [0.2, 0.25) is 0 Å². The van der Waals surface area contributed by atoms with E-state index in [0.29, 0.717) is 18.7 Å². The number of benzene rings is 2. The van der Waals surface area contributed by atoms with Crippen LogP contribution in [0.5, 0.6) is 11.5 Å². The second kappa shape index (κ2) is 7.04. The fraction of sp³-hybridized carbons (Fsp3) is 0.238. The number of methoxy groups -OCH3 is 1. The second-order valence-corrected chi connectivity index (χ2v) is 6.42. The molecule has 5 heteroatoms. The van der Waals surface area contributed by atoms with Gasteiger partial charge in [-0.3, -0.25) is 9.78 Å². The first kappa shape index (κ1) is 16.4. The number of carbonyl (C=O) groups is 1. The minimum atomic E-state index is -0.0833. The van der Waals surface area contributed by atoms with E-state index in [9.17, 15) is 4.79 Å².